The molecule has 2 rings (SSSR count). The maximum Gasteiger partial charge on any atom is 0.412 e. The van der Waals surface area contributed by atoms with Crippen molar-refractivity contribution in [2.75, 3.05) is 5.32 Å². The van der Waals surface area contributed by atoms with Gasteiger partial charge in [0.1, 0.15) is 5.60 Å². The van der Waals surface area contributed by atoms with Crippen LogP contribution in [0.4, 0.5) is 10.5 Å². The average Bonchev–Trinajstić information content (AvgIpc) is 2.35. The third kappa shape index (κ3) is 3.97. The van der Waals surface area contributed by atoms with Crippen molar-refractivity contribution in [3.63, 3.8) is 0 Å². The summed E-state index contributed by atoms with van der Waals surface area (Å²) >= 11 is 0. The molecule has 1 amide bonds. The normalized spacial score (nSPS) is 17.8. The highest BCUT2D eigenvalue weighted by Gasteiger charge is 2.26. The number of amides is 1. The van der Waals surface area contributed by atoms with Gasteiger partial charge in [-0.15, -0.1) is 0 Å². The molecule has 0 fully saturated rings. The first-order chi connectivity index (χ1) is 9.76. The highest BCUT2D eigenvalue weighted by atomic mass is 16.6. The minimum atomic E-state index is -0.814. The molecule has 0 aliphatic heterocycles. The van der Waals surface area contributed by atoms with E-state index in [0.717, 1.165) is 24.0 Å². The summed E-state index contributed by atoms with van der Waals surface area (Å²) in [5, 5.41) is 12.0. The van der Waals surface area contributed by atoms with Crippen LogP contribution in [0, 0.1) is 0 Å². The molecule has 1 aromatic rings. The van der Waals surface area contributed by atoms with E-state index in [2.05, 4.69) is 5.32 Å². The molecule has 2 N–H and O–H groups in total. The first kappa shape index (κ1) is 15.4. The summed E-state index contributed by atoms with van der Waals surface area (Å²) < 4.78 is 5.19. The molecular weight excluding hydrogens is 270 g/mol. The topological polar surface area (TPSA) is 75.6 Å². The van der Waals surface area contributed by atoms with Crippen molar-refractivity contribution in [2.45, 2.75) is 51.6 Å². The van der Waals surface area contributed by atoms with Gasteiger partial charge in [-0.1, -0.05) is 6.07 Å². The lowest BCUT2D eigenvalue weighted by Crippen LogP contribution is -2.27. The lowest BCUT2D eigenvalue weighted by molar-refractivity contribution is -0.139. The maximum atomic E-state index is 11.8. The van der Waals surface area contributed by atoms with Crippen molar-refractivity contribution in [2.24, 2.45) is 0 Å². The van der Waals surface area contributed by atoms with E-state index >= 15 is 0 Å². The number of carbonyl (C=O) groups excluding carboxylic acids is 1. The van der Waals surface area contributed by atoms with Crippen LogP contribution in [0.25, 0.3) is 0 Å². The zero-order valence-corrected chi connectivity index (χ0v) is 12.6. The summed E-state index contributed by atoms with van der Waals surface area (Å²) in [7, 11) is 0. The second kappa shape index (κ2) is 5.76. The molecule has 0 spiro atoms. The number of carboxylic acids is 1. The van der Waals surface area contributed by atoms with Crippen LogP contribution in [0.3, 0.4) is 0 Å². The monoisotopic (exact) mass is 291 g/mol. The zero-order valence-electron chi connectivity index (χ0n) is 12.6. The molecular formula is C16H21NO4. The van der Waals surface area contributed by atoms with E-state index in [1.54, 1.807) is 32.9 Å². The first-order valence-corrected chi connectivity index (χ1v) is 7.12. The Morgan fingerprint density at radius 2 is 2.05 bits per heavy atom. The molecule has 5 nitrogen and oxygen atoms in total. The summed E-state index contributed by atoms with van der Waals surface area (Å²) in [4.78, 5) is 23.1. The van der Waals surface area contributed by atoms with Gasteiger partial charge in [0.05, 0.1) is 5.92 Å². The van der Waals surface area contributed by atoms with Crippen molar-refractivity contribution in [1.29, 1.82) is 0 Å². The van der Waals surface area contributed by atoms with Crippen LogP contribution in [0.2, 0.25) is 0 Å². The Labute approximate surface area is 124 Å². The predicted molar refractivity (Wildman–Crippen MR) is 79.6 cm³/mol. The lowest BCUT2D eigenvalue weighted by atomic mass is 9.82. The van der Waals surface area contributed by atoms with Crippen molar-refractivity contribution >= 4 is 17.7 Å². The number of ether oxygens (including phenoxy) is 1. The Balaban J connectivity index is 2.18. The lowest BCUT2D eigenvalue weighted by Gasteiger charge is -2.24. The molecule has 1 aliphatic rings. The standard InChI is InChI=1S/C16H21NO4/c1-16(2,3)21-15(20)17-11-8-7-10-5-4-6-12(14(18)19)13(10)9-11/h7-9,12H,4-6H2,1-3H3,(H,17,20)(H,18,19). The number of aliphatic carboxylic acids is 1. The third-order valence-electron chi connectivity index (χ3n) is 3.40. The van der Waals surface area contributed by atoms with Gasteiger partial charge in [0, 0.05) is 5.69 Å². The summed E-state index contributed by atoms with van der Waals surface area (Å²) in [6.07, 6.45) is 1.86. The molecule has 0 bridgehead atoms. The second-order valence-corrected chi connectivity index (χ2v) is 6.32. The van der Waals surface area contributed by atoms with Crippen molar-refractivity contribution < 1.29 is 19.4 Å². The molecule has 1 aromatic carbocycles. The van der Waals surface area contributed by atoms with Gasteiger partial charge in [-0.3, -0.25) is 10.1 Å². The number of aryl methyl sites for hydroxylation is 1. The summed E-state index contributed by atoms with van der Waals surface area (Å²) in [5.74, 6) is -1.31. The third-order valence-corrected chi connectivity index (χ3v) is 3.40. The van der Waals surface area contributed by atoms with Crippen LogP contribution in [0.5, 0.6) is 0 Å². The van der Waals surface area contributed by atoms with Gasteiger partial charge in [-0.2, -0.15) is 0 Å². The SMILES string of the molecule is CC(C)(C)OC(=O)Nc1ccc2c(c1)C(C(=O)O)CCC2. The van der Waals surface area contributed by atoms with Crippen LogP contribution in [-0.2, 0) is 16.0 Å². The number of nitrogens with one attached hydrogen (secondary N) is 1. The number of carboxylic acid groups (broad SMARTS) is 1. The molecule has 1 aliphatic carbocycles. The Hall–Kier alpha value is -2.04. The smallest absolute Gasteiger partial charge is 0.412 e. The fourth-order valence-electron chi connectivity index (χ4n) is 2.55. The number of fused-ring (bicyclic) bond motifs is 1. The molecule has 21 heavy (non-hydrogen) atoms. The van der Waals surface area contributed by atoms with Crippen molar-refractivity contribution in [3.05, 3.63) is 29.3 Å². The average molecular weight is 291 g/mol. The minimum Gasteiger partial charge on any atom is -0.481 e. The summed E-state index contributed by atoms with van der Waals surface area (Å²) in [6, 6.07) is 5.42. The molecule has 1 unspecified atom stereocenters. The Morgan fingerprint density at radius 1 is 1.33 bits per heavy atom. The highest BCUT2D eigenvalue weighted by Crippen LogP contribution is 2.33. The summed E-state index contributed by atoms with van der Waals surface area (Å²) in [6.45, 7) is 5.37. The number of rotatable bonds is 2. The van der Waals surface area contributed by atoms with Gasteiger partial charge in [0.25, 0.3) is 0 Å². The van der Waals surface area contributed by atoms with E-state index < -0.39 is 23.6 Å². The Kier molecular flexibility index (Phi) is 4.21. The quantitative estimate of drug-likeness (QED) is 0.874. The van der Waals surface area contributed by atoms with E-state index in [-0.39, 0.29) is 0 Å². The van der Waals surface area contributed by atoms with Crippen molar-refractivity contribution in [1.82, 2.24) is 0 Å². The first-order valence-electron chi connectivity index (χ1n) is 7.12. The van der Waals surface area contributed by atoms with Gasteiger partial charge in [0.15, 0.2) is 0 Å². The molecule has 0 aromatic heterocycles. The number of hydrogen-bond donors (Lipinski definition) is 2. The maximum absolute atomic E-state index is 11.8. The van der Waals surface area contributed by atoms with E-state index in [4.69, 9.17) is 4.74 Å². The summed E-state index contributed by atoms with van der Waals surface area (Å²) in [5.41, 5.74) is 1.84. The second-order valence-electron chi connectivity index (χ2n) is 6.32. The van der Waals surface area contributed by atoms with Gasteiger partial charge in [-0.05, 0) is 63.3 Å². The van der Waals surface area contributed by atoms with Gasteiger partial charge < -0.3 is 9.84 Å². The minimum absolute atomic E-state index is 0.492. The van der Waals surface area contributed by atoms with Gasteiger partial charge in [0.2, 0.25) is 0 Å². The largest absolute Gasteiger partial charge is 0.481 e. The van der Waals surface area contributed by atoms with Gasteiger partial charge in [-0.25, -0.2) is 4.79 Å². The molecule has 114 valence electrons. The van der Waals surface area contributed by atoms with E-state index in [0.29, 0.717) is 12.1 Å². The Bertz CT molecular complexity index is 560. The van der Waals surface area contributed by atoms with E-state index in [1.165, 1.54) is 0 Å². The van der Waals surface area contributed by atoms with E-state index in [9.17, 15) is 14.7 Å². The molecule has 0 radical (unpaired) electrons. The highest BCUT2D eigenvalue weighted by molar-refractivity contribution is 5.86. The van der Waals surface area contributed by atoms with Crippen LogP contribution in [-0.4, -0.2) is 22.8 Å². The molecule has 0 saturated carbocycles. The molecule has 1 atom stereocenters. The predicted octanol–water partition coefficient (Wildman–Crippen LogP) is 3.54. The zero-order chi connectivity index (χ0) is 15.6. The van der Waals surface area contributed by atoms with E-state index in [1.807, 2.05) is 6.07 Å². The van der Waals surface area contributed by atoms with Gasteiger partial charge >= 0.3 is 12.1 Å². The van der Waals surface area contributed by atoms with Crippen molar-refractivity contribution in [3.8, 4) is 0 Å². The van der Waals surface area contributed by atoms with Crippen LogP contribution >= 0.6 is 0 Å². The van der Waals surface area contributed by atoms with Crippen LogP contribution in [0.15, 0.2) is 18.2 Å². The fourth-order valence-corrected chi connectivity index (χ4v) is 2.55. The number of carbonyl (C=O) groups is 2. The molecule has 5 heteroatoms. The molecule has 0 heterocycles. The number of hydrogen-bond acceptors (Lipinski definition) is 3. The number of benzene rings is 1. The Morgan fingerprint density at radius 3 is 2.67 bits per heavy atom. The van der Waals surface area contributed by atoms with Crippen LogP contribution < -0.4 is 5.32 Å². The van der Waals surface area contributed by atoms with Crippen LogP contribution in [0.1, 0.15) is 50.7 Å². The fraction of sp³-hybridized carbons (Fsp3) is 0.500. The number of anilines is 1. The molecule has 0 saturated heterocycles.